The Kier molecular flexibility index (Phi) is 13.5. The van der Waals surface area contributed by atoms with Crippen molar-refractivity contribution in [3.63, 3.8) is 0 Å². The molecule has 0 radical (unpaired) electrons. The number of sulfone groups is 1. The quantitative estimate of drug-likeness (QED) is 0.136. The summed E-state index contributed by atoms with van der Waals surface area (Å²) in [6, 6.07) is 15.6. The topological polar surface area (TPSA) is 192 Å². The second kappa shape index (κ2) is 16.4. The van der Waals surface area contributed by atoms with Crippen molar-refractivity contribution in [3.05, 3.63) is 65.9 Å². The number of aryl methyl sites for hydroxylation is 1. The molecule has 2 aromatic carbocycles. The van der Waals surface area contributed by atoms with Crippen LogP contribution >= 0.6 is 0 Å². The summed E-state index contributed by atoms with van der Waals surface area (Å²) in [6.45, 7) is 2.90. The number of ether oxygens (including phenoxy) is 1. The molecule has 5 N–H and O–H groups in total. The van der Waals surface area contributed by atoms with Gasteiger partial charge in [-0.3, -0.25) is 15.0 Å². The van der Waals surface area contributed by atoms with Crippen molar-refractivity contribution in [2.24, 2.45) is 5.92 Å². The van der Waals surface area contributed by atoms with Gasteiger partial charge in [-0.15, -0.1) is 0 Å². The number of fused-ring (bicyclic) bond motifs is 1. The SMILES string of the molecule is Cc1cc(COc2ccc(S(=O)(=O)C[C@H]3NCCC[C@@H]3C(=O)NO)cc2)c2ccccc2n1.O=C(O)C(F)(F)F.O=C(O)C(F)(F)F. The number of halogens is 6. The first-order valence-corrected chi connectivity index (χ1v) is 15.0. The fourth-order valence-corrected chi connectivity index (χ4v) is 5.84. The van der Waals surface area contributed by atoms with E-state index >= 15 is 0 Å². The van der Waals surface area contributed by atoms with Crippen molar-refractivity contribution in [1.82, 2.24) is 15.8 Å². The second-order valence-electron chi connectivity index (χ2n) is 9.87. The lowest BCUT2D eigenvalue weighted by molar-refractivity contribution is -0.193. The molecule has 1 aliphatic heterocycles. The summed E-state index contributed by atoms with van der Waals surface area (Å²) in [7, 11) is -3.64. The molecular weight excluding hydrogens is 668 g/mol. The van der Waals surface area contributed by atoms with Gasteiger partial charge in [-0.2, -0.15) is 26.3 Å². The van der Waals surface area contributed by atoms with E-state index in [2.05, 4.69) is 10.3 Å². The van der Waals surface area contributed by atoms with E-state index in [4.69, 9.17) is 29.7 Å². The lowest BCUT2D eigenvalue weighted by Gasteiger charge is -2.30. The molecule has 1 fully saturated rings. The molecule has 1 amide bonds. The predicted octanol–water partition coefficient (Wildman–Crippen LogP) is 4.04. The Morgan fingerprint density at radius 2 is 1.53 bits per heavy atom. The molecule has 3 aromatic rings. The number of pyridine rings is 1. The van der Waals surface area contributed by atoms with Crippen LogP contribution in [0.5, 0.6) is 5.75 Å². The number of carboxylic acids is 2. The van der Waals surface area contributed by atoms with Crippen LogP contribution in [0.25, 0.3) is 10.9 Å². The van der Waals surface area contributed by atoms with Gasteiger partial charge < -0.3 is 20.3 Å². The van der Waals surface area contributed by atoms with Crippen molar-refractivity contribution in [2.45, 2.75) is 49.7 Å². The van der Waals surface area contributed by atoms with E-state index in [0.717, 1.165) is 28.6 Å². The Hall–Kier alpha value is -4.49. The molecule has 0 aliphatic carbocycles. The number of aromatic nitrogens is 1. The molecule has 258 valence electrons. The molecule has 1 saturated heterocycles. The number of piperidine rings is 1. The van der Waals surface area contributed by atoms with Gasteiger partial charge in [-0.1, -0.05) is 18.2 Å². The minimum Gasteiger partial charge on any atom is -0.489 e. The van der Waals surface area contributed by atoms with E-state index < -0.39 is 52.0 Å². The van der Waals surface area contributed by atoms with Crippen LogP contribution in [0.1, 0.15) is 24.1 Å². The average Bonchev–Trinajstić information content (AvgIpc) is 2.99. The number of carboxylic acid groups (broad SMARTS) is 2. The number of carbonyl (C=O) groups excluding carboxylic acids is 1. The molecule has 4 rings (SSSR count). The number of hydrogen-bond acceptors (Lipinski definition) is 9. The van der Waals surface area contributed by atoms with E-state index in [-0.39, 0.29) is 10.6 Å². The molecule has 1 aromatic heterocycles. The number of nitrogens with zero attached hydrogens (tertiary/aromatic N) is 1. The number of benzene rings is 2. The Morgan fingerprint density at radius 3 is 2.06 bits per heavy atom. The van der Waals surface area contributed by atoms with Gasteiger partial charge in [0.25, 0.3) is 0 Å². The van der Waals surface area contributed by atoms with E-state index in [9.17, 15) is 39.6 Å². The maximum absolute atomic E-state index is 12.9. The van der Waals surface area contributed by atoms with Gasteiger partial charge >= 0.3 is 24.3 Å². The minimum atomic E-state index is -5.08. The van der Waals surface area contributed by atoms with Gasteiger partial charge in [-0.25, -0.2) is 23.5 Å². The number of hydroxylamine groups is 1. The third kappa shape index (κ3) is 12.0. The molecule has 47 heavy (non-hydrogen) atoms. The van der Waals surface area contributed by atoms with Crippen LogP contribution in [0.3, 0.4) is 0 Å². The summed E-state index contributed by atoms with van der Waals surface area (Å²) < 4.78 is 95.3. The van der Waals surface area contributed by atoms with Crippen LogP contribution in [0.4, 0.5) is 26.3 Å². The number of rotatable bonds is 7. The first-order chi connectivity index (χ1) is 21.8. The summed E-state index contributed by atoms with van der Waals surface area (Å²) in [5.41, 5.74) is 4.46. The molecule has 2 atom stereocenters. The Labute approximate surface area is 263 Å². The number of aliphatic carboxylic acids is 2. The minimum absolute atomic E-state index is 0.163. The molecule has 0 unspecified atom stereocenters. The monoisotopic (exact) mass is 697 g/mol. The summed E-state index contributed by atoms with van der Waals surface area (Å²) in [5, 5.41) is 27.3. The Morgan fingerprint density at radius 1 is 0.979 bits per heavy atom. The molecular formula is C28H29F6N3O9S. The zero-order valence-corrected chi connectivity index (χ0v) is 25.1. The summed E-state index contributed by atoms with van der Waals surface area (Å²) in [4.78, 5) is 34.4. The van der Waals surface area contributed by atoms with Crippen LogP contribution in [0.15, 0.2) is 59.5 Å². The third-order valence-corrected chi connectivity index (χ3v) is 8.21. The summed E-state index contributed by atoms with van der Waals surface area (Å²) in [5.74, 6) is -6.35. The number of para-hydroxylation sites is 1. The van der Waals surface area contributed by atoms with Crippen LogP contribution in [0.2, 0.25) is 0 Å². The van der Waals surface area contributed by atoms with Crippen LogP contribution in [0, 0.1) is 12.8 Å². The van der Waals surface area contributed by atoms with Crippen molar-refractivity contribution < 1.29 is 69.3 Å². The molecule has 0 spiro atoms. The second-order valence-corrected chi connectivity index (χ2v) is 11.9. The van der Waals surface area contributed by atoms with Crippen molar-refractivity contribution in [3.8, 4) is 5.75 Å². The zero-order chi connectivity index (χ0) is 35.6. The fourth-order valence-electron chi connectivity index (χ4n) is 4.28. The number of amides is 1. The largest absolute Gasteiger partial charge is 0.490 e. The predicted molar refractivity (Wildman–Crippen MR) is 151 cm³/mol. The van der Waals surface area contributed by atoms with Gasteiger partial charge in [0, 0.05) is 22.7 Å². The van der Waals surface area contributed by atoms with Crippen LogP contribution in [-0.2, 0) is 30.8 Å². The van der Waals surface area contributed by atoms with E-state index in [0.29, 0.717) is 25.3 Å². The first kappa shape index (κ1) is 38.7. The van der Waals surface area contributed by atoms with Crippen molar-refractivity contribution in [1.29, 1.82) is 0 Å². The van der Waals surface area contributed by atoms with Gasteiger partial charge in [0.15, 0.2) is 9.84 Å². The maximum Gasteiger partial charge on any atom is 0.490 e. The highest BCUT2D eigenvalue weighted by molar-refractivity contribution is 7.91. The van der Waals surface area contributed by atoms with Crippen molar-refractivity contribution in [2.75, 3.05) is 12.3 Å². The molecule has 19 heteroatoms. The normalized spacial score (nSPS) is 16.5. The fraction of sp³-hybridized carbons (Fsp3) is 0.357. The Balaban J connectivity index is 0.000000459. The van der Waals surface area contributed by atoms with Gasteiger partial charge in [0.1, 0.15) is 12.4 Å². The molecule has 0 bridgehead atoms. The summed E-state index contributed by atoms with van der Waals surface area (Å²) in [6.07, 6.45) is -8.90. The highest BCUT2D eigenvalue weighted by atomic mass is 32.2. The molecule has 0 saturated carbocycles. The maximum atomic E-state index is 12.9. The number of carbonyl (C=O) groups is 3. The van der Waals surface area contributed by atoms with E-state index in [1.807, 2.05) is 37.3 Å². The summed E-state index contributed by atoms with van der Waals surface area (Å²) >= 11 is 0. The smallest absolute Gasteiger partial charge is 0.489 e. The number of nitrogens with one attached hydrogen (secondary N) is 2. The average molecular weight is 698 g/mol. The number of alkyl halides is 6. The Bertz CT molecular complexity index is 1630. The van der Waals surface area contributed by atoms with Gasteiger partial charge in [0.2, 0.25) is 5.91 Å². The molecule has 1 aliphatic rings. The highest BCUT2D eigenvalue weighted by Crippen LogP contribution is 2.25. The molecule has 2 heterocycles. The van der Waals surface area contributed by atoms with Gasteiger partial charge in [-0.05, 0) is 62.7 Å². The lowest BCUT2D eigenvalue weighted by Crippen LogP contribution is -2.51. The third-order valence-electron chi connectivity index (χ3n) is 6.42. The molecule has 12 nitrogen and oxygen atoms in total. The standard InChI is InChI=1S/C24H27N3O5S.2C2HF3O2/c1-16-13-17(20-5-2-3-7-22(20)26-16)14-32-18-8-10-19(11-9-18)33(30,31)15-23-21(24(28)27-29)6-4-12-25-23;2*3-2(4,5)1(6)7/h2-3,5,7-11,13,21,23,25,29H,4,6,12,14-15H2,1H3,(H,27,28);2*(H,6,7)/t21-,23+;;/m0../s1. The van der Waals surface area contributed by atoms with E-state index in [1.54, 1.807) is 17.6 Å². The van der Waals surface area contributed by atoms with Crippen molar-refractivity contribution >= 4 is 38.6 Å². The van der Waals surface area contributed by atoms with Gasteiger partial charge in [0.05, 0.1) is 22.1 Å². The van der Waals surface area contributed by atoms with Crippen LogP contribution in [-0.4, -0.2) is 77.4 Å². The number of hydrogen-bond donors (Lipinski definition) is 5. The zero-order valence-electron chi connectivity index (χ0n) is 24.3. The highest BCUT2D eigenvalue weighted by Gasteiger charge is 2.39. The lowest BCUT2D eigenvalue weighted by atomic mass is 9.91. The van der Waals surface area contributed by atoms with Crippen LogP contribution < -0.4 is 15.5 Å². The van der Waals surface area contributed by atoms with E-state index in [1.165, 1.54) is 12.1 Å². The first-order valence-electron chi connectivity index (χ1n) is 13.3.